The van der Waals surface area contributed by atoms with Crippen molar-refractivity contribution in [1.82, 2.24) is 9.88 Å². The Morgan fingerprint density at radius 2 is 1.86 bits per heavy atom. The number of rotatable bonds is 7. The summed E-state index contributed by atoms with van der Waals surface area (Å²) in [4.78, 5) is 30.4. The minimum atomic E-state index is -0.256. The number of hydrogen-bond donors (Lipinski definition) is 1. The number of nitrogens with one attached hydrogen (secondary N) is 1. The highest BCUT2D eigenvalue weighted by Crippen LogP contribution is 2.21. The largest absolute Gasteiger partial charge is 0.496 e. The van der Waals surface area contributed by atoms with E-state index in [1.54, 1.807) is 19.4 Å². The molecule has 6 nitrogen and oxygen atoms in total. The van der Waals surface area contributed by atoms with E-state index in [4.69, 9.17) is 4.74 Å². The van der Waals surface area contributed by atoms with Gasteiger partial charge in [0.15, 0.2) is 0 Å². The number of ether oxygens (including phenoxy) is 1. The van der Waals surface area contributed by atoms with Gasteiger partial charge in [-0.1, -0.05) is 36.4 Å². The predicted octanol–water partition coefficient (Wildman–Crippen LogP) is 3.27. The Hall–Kier alpha value is -3.41. The molecule has 0 saturated heterocycles. The molecule has 0 radical (unpaired) electrons. The van der Waals surface area contributed by atoms with Crippen molar-refractivity contribution in [2.75, 3.05) is 25.5 Å². The highest BCUT2D eigenvalue weighted by Gasteiger charge is 2.15. The average molecular weight is 377 g/mol. The fourth-order valence-corrected chi connectivity index (χ4v) is 3.08. The summed E-state index contributed by atoms with van der Waals surface area (Å²) in [5.41, 5.74) is 2.35. The monoisotopic (exact) mass is 377 g/mol. The van der Waals surface area contributed by atoms with Crippen LogP contribution >= 0.6 is 0 Å². The summed E-state index contributed by atoms with van der Waals surface area (Å²) < 4.78 is 5.35. The minimum absolute atomic E-state index is 0.0201. The lowest BCUT2D eigenvalue weighted by molar-refractivity contribution is -0.132. The van der Waals surface area contributed by atoms with Crippen molar-refractivity contribution in [2.45, 2.75) is 13.3 Å². The zero-order chi connectivity index (χ0) is 19.9. The zero-order valence-electron chi connectivity index (χ0n) is 16.0. The van der Waals surface area contributed by atoms with E-state index >= 15 is 0 Å². The van der Waals surface area contributed by atoms with Crippen molar-refractivity contribution in [3.8, 4) is 5.75 Å². The van der Waals surface area contributed by atoms with Crippen LogP contribution in [0.25, 0.3) is 10.9 Å². The first-order valence-corrected chi connectivity index (χ1v) is 9.09. The van der Waals surface area contributed by atoms with E-state index in [2.05, 4.69) is 10.3 Å². The smallest absolute Gasteiger partial charge is 0.244 e. The van der Waals surface area contributed by atoms with E-state index in [0.29, 0.717) is 18.7 Å². The van der Waals surface area contributed by atoms with Crippen molar-refractivity contribution in [3.63, 3.8) is 0 Å². The van der Waals surface area contributed by atoms with Crippen molar-refractivity contribution >= 4 is 28.4 Å². The molecule has 3 aromatic rings. The zero-order valence-corrected chi connectivity index (χ0v) is 16.0. The van der Waals surface area contributed by atoms with E-state index in [9.17, 15) is 9.59 Å². The van der Waals surface area contributed by atoms with Gasteiger partial charge >= 0.3 is 0 Å². The van der Waals surface area contributed by atoms with Crippen LogP contribution in [-0.2, 0) is 16.0 Å². The van der Waals surface area contributed by atoms with Crippen LogP contribution in [0.5, 0.6) is 5.75 Å². The Morgan fingerprint density at radius 1 is 1.07 bits per heavy atom. The van der Waals surface area contributed by atoms with Crippen LogP contribution in [0.1, 0.15) is 12.5 Å². The molecule has 1 heterocycles. The first-order chi connectivity index (χ1) is 13.6. The van der Waals surface area contributed by atoms with E-state index in [1.165, 1.54) is 11.8 Å². The number of carbonyl (C=O) groups excluding carboxylic acids is 2. The number of benzene rings is 2. The molecule has 0 spiro atoms. The summed E-state index contributed by atoms with van der Waals surface area (Å²) >= 11 is 0. The summed E-state index contributed by atoms with van der Waals surface area (Å²) in [5.74, 6) is 0.367. The maximum Gasteiger partial charge on any atom is 0.244 e. The molecule has 0 saturated carbocycles. The first kappa shape index (κ1) is 19.4. The lowest BCUT2D eigenvalue weighted by Crippen LogP contribution is -2.38. The number of hydrogen-bond acceptors (Lipinski definition) is 4. The Morgan fingerprint density at radius 3 is 2.64 bits per heavy atom. The number of pyridine rings is 1. The van der Waals surface area contributed by atoms with Crippen molar-refractivity contribution in [3.05, 3.63) is 66.4 Å². The molecule has 0 aliphatic rings. The molecule has 3 rings (SSSR count). The number of fused-ring (bicyclic) bond motifs is 1. The van der Waals surface area contributed by atoms with Gasteiger partial charge in [0.2, 0.25) is 11.8 Å². The van der Waals surface area contributed by atoms with Crippen LogP contribution in [-0.4, -0.2) is 41.9 Å². The quantitative estimate of drug-likeness (QED) is 0.686. The molecular weight excluding hydrogens is 354 g/mol. The third-order valence-electron chi connectivity index (χ3n) is 4.53. The lowest BCUT2D eigenvalue weighted by Gasteiger charge is -2.21. The number of anilines is 1. The second-order valence-electron chi connectivity index (χ2n) is 6.43. The minimum Gasteiger partial charge on any atom is -0.496 e. The SMILES string of the molecule is COc1ccccc1CCN(CC(=O)Nc1cccc2cccnc12)C(C)=O. The van der Waals surface area contributed by atoms with Gasteiger partial charge in [0.1, 0.15) is 5.75 Å². The third-order valence-corrected chi connectivity index (χ3v) is 4.53. The van der Waals surface area contributed by atoms with Crippen LogP contribution in [0.15, 0.2) is 60.8 Å². The summed E-state index contributed by atoms with van der Waals surface area (Å²) in [6.07, 6.45) is 2.29. The molecule has 0 atom stereocenters. The van der Waals surface area contributed by atoms with E-state index in [1.807, 2.05) is 48.5 Å². The number of carbonyl (C=O) groups is 2. The number of aromatic nitrogens is 1. The maximum absolute atomic E-state index is 12.5. The number of para-hydroxylation sites is 2. The third kappa shape index (κ3) is 4.65. The van der Waals surface area contributed by atoms with Crippen LogP contribution in [0, 0.1) is 0 Å². The molecule has 1 aromatic heterocycles. The molecule has 6 heteroatoms. The van der Waals surface area contributed by atoms with Crippen LogP contribution in [0.4, 0.5) is 5.69 Å². The number of methoxy groups -OCH3 is 1. The van der Waals surface area contributed by atoms with E-state index in [0.717, 1.165) is 22.2 Å². The van der Waals surface area contributed by atoms with Gasteiger partial charge in [-0.15, -0.1) is 0 Å². The molecule has 144 valence electrons. The molecule has 0 unspecified atom stereocenters. The Kier molecular flexibility index (Phi) is 6.22. The fraction of sp³-hybridized carbons (Fsp3) is 0.227. The summed E-state index contributed by atoms with van der Waals surface area (Å²) in [7, 11) is 1.62. The summed E-state index contributed by atoms with van der Waals surface area (Å²) in [6.45, 7) is 1.87. The Bertz CT molecular complexity index is 982. The number of amides is 2. The molecule has 2 amide bonds. The van der Waals surface area contributed by atoms with Crippen LogP contribution in [0.2, 0.25) is 0 Å². The summed E-state index contributed by atoms with van der Waals surface area (Å²) in [5, 5.41) is 3.82. The second kappa shape index (κ2) is 8.99. The maximum atomic E-state index is 12.5. The van der Waals surface area contributed by atoms with Gasteiger partial charge in [-0.2, -0.15) is 0 Å². The highest BCUT2D eigenvalue weighted by atomic mass is 16.5. The van der Waals surface area contributed by atoms with Gasteiger partial charge < -0.3 is 15.0 Å². The molecule has 28 heavy (non-hydrogen) atoms. The number of nitrogens with zero attached hydrogens (tertiary/aromatic N) is 2. The van der Waals surface area contributed by atoms with Crippen LogP contribution in [0.3, 0.4) is 0 Å². The fourth-order valence-electron chi connectivity index (χ4n) is 3.08. The van der Waals surface area contributed by atoms with Gasteiger partial charge in [-0.05, 0) is 30.2 Å². The van der Waals surface area contributed by atoms with E-state index < -0.39 is 0 Å². The van der Waals surface area contributed by atoms with Crippen molar-refractivity contribution in [2.24, 2.45) is 0 Å². The molecule has 0 aliphatic heterocycles. The molecule has 1 N–H and O–H groups in total. The van der Waals surface area contributed by atoms with Crippen LogP contribution < -0.4 is 10.1 Å². The molecule has 0 fully saturated rings. The molecule has 0 aliphatic carbocycles. The van der Waals surface area contributed by atoms with Crippen molar-refractivity contribution < 1.29 is 14.3 Å². The topological polar surface area (TPSA) is 71.5 Å². The van der Waals surface area contributed by atoms with Crippen molar-refractivity contribution in [1.29, 1.82) is 0 Å². The van der Waals surface area contributed by atoms with Gasteiger partial charge in [-0.25, -0.2) is 0 Å². The predicted molar refractivity (Wildman–Crippen MR) is 109 cm³/mol. The lowest BCUT2D eigenvalue weighted by atomic mass is 10.1. The first-order valence-electron chi connectivity index (χ1n) is 9.09. The Labute approximate surface area is 164 Å². The van der Waals surface area contributed by atoms with Gasteiger partial charge in [-0.3, -0.25) is 14.6 Å². The highest BCUT2D eigenvalue weighted by molar-refractivity contribution is 6.01. The Balaban J connectivity index is 1.66. The second-order valence-corrected chi connectivity index (χ2v) is 6.43. The molecule has 2 aromatic carbocycles. The molecule has 0 bridgehead atoms. The van der Waals surface area contributed by atoms with Gasteiger partial charge in [0.05, 0.1) is 24.9 Å². The van der Waals surface area contributed by atoms with Gasteiger partial charge in [0, 0.05) is 25.1 Å². The summed E-state index contributed by atoms with van der Waals surface area (Å²) in [6, 6.07) is 17.1. The van der Waals surface area contributed by atoms with Gasteiger partial charge in [0.25, 0.3) is 0 Å². The standard InChI is InChI=1S/C22H23N3O3/c1-16(26)25(14-12-17-7-3-4-11-20(17)28-2)15-21(27)24-19-10-5-8-18-9-6-13-23-22(18)19/h3-11,13H,12,14-15H2,1-2H3,(H,24,27). The van der Waals surface area contributed by atoms with E-state index in [-0.39, 0.29) is 18.4 Å². The normalized spacial score (nSPS) is 10.5. The molecular formula is C22H23N3O3. The average Bonchev–Trinajstić information content (AvgIpc) is 2.71.